The normalized spacial score (nSPS) is 20.8. The molecule has 4 rings (SSSR count). The summed E-state index contributed by atoms with van der Waals surface area (Å²) in [6, 6.07) is 4.79. The molecule has 2 saturated heterocycles. The van der Waals surface area contributed by atoms with Crippen molar-refractivity contribution in [1.82, 2.24) is 19.9 Å². The Bertz CT molecular complexity index is 1040. The first-order valence-electron chi connectivity index (χ1n) is 12.7. The van der Waals surface area contributed by atoms with Crippen molar-refractivity contribution >= 4 is 17.4 Å². The topological polar surface area (TPSA) is 92.3 Å². The predicted octanol–water partition coefficient (Wildman–Crippen LogP) is 3.92. The van der Waals surface area contributed by atoms with E-state index in [1.165, 1.54) is 0 Å². The van der Waals surface area contributed by atoms with E-state index in [1.807, 2.05) is 17.3 Å². The summed E-state index contributed by atoms with van der Waals surface area (Å²) >= 11 is 0. The van der Waals surface area contributed by atoms with Gasteiger partial charge in [0.2, 0.25) is 5.91 Å². The van der Waals surface area contributed by atoms with E-state index in [4.69, 9.17) is 14.7 Å². The number of hydrogen-bond acceptors (Lipinski definition) is 7. The molecule has 35 heavy (non-hydrogen) atoms. The van der Waals surface area contributed by atoms with Crippen molar-refractivity contribution in [3.05, 3.63) is 41.6 Å². The third kappa shape index (κ3) is 6.48. The molecule has 0 radical (unpaired) electrons. The number of hydrogen-bond donors (Lipinski definition) is 2. The average molecular weight is 481 g/mol. The molecule has 2 unspecified atom stereocenters. The van der Waals surface area contributed by atoms with Crippen LogP contribution in [-0.4, -0.2) is 64.1 Å². The first-order valence-corrected chi connectivity index (χ1v) is 12.7. The summed E-state index contributed by atoms with van der Waals surface area (Å²) < 4.78 is 5.50. The van der Waals surface area contributed by atoms with Crippen LogP contribution in [0.1, 0.15) is 71.5 Å². The van der Waals surface area contributed by atoms with Gasteiger partial charge in [-0.3, -0.25) is 9.78 Å². The van der Waals surface area contributed by atoms with Gasteiger partial charge in [-0.05, 0) is 29.9 Å². The molecular weight excluding hydrogens is 440 g/mol. The van der Waals surface area contributed by atoms with Gasteiger partial charge in [0, 0.05) is 63.0 Å². The van der Waals surface area contributed by atoms with Crippen LogP contribution in [0.15, 0.2) is 24.5 Å². The smallest absolute Gasteiger partial charge is 0.219 e. The van der Waals surface area contributed by atoms with E-state index in [1.54, 1.807) is 6.92 Å². The Hall–Kier alpha value is -2.74. The number of carbonyl (C=O) groups is 1. The summed E-state index contributed by atoms with van der Waals surface area (Å²) in [7, 11) is 0. The molecule has 2 aromatic heterocycles. The molecule has 2 aromatic rings. The van der Waals surface area contributed by atoms with Gasteiger partial charge in [-0.2, -0.15) is 0 Å². The Balaban J connectivity index is 1.54. The number of aromatic nitrogens is 3. The number of pyridine rings is 1. The van der Waals surface area contributed by atoms with E-state index in [0.717, 1.165) is 61.2 Å². The van der Waals surface area contributed by atoms with E-state index in [2.05, 4.69) is 62.4 Å². The van der Waals surface area contributed by atoms with Crippen LogP contribution >= 0.6 is 0 Å². The molecule has 0 aromatic carbocycles. The first kappa shape index (κ1) is 25.4. The van der Waals surface area contributed by atoms with Crippen LogP contribution in [0.25, 0.3) is 0 Å². The lowest BCUT2D eigenvalue weighted by Gasteiger charge is -2.27. The van der Waals surface area contributed by atoms with Gasteiger partial charge in [0.05, 0.1) is 24.0 Å². The van der Waals surface area contributed by atoms with Crippen molar-refractivity contribution in [2.24, 2.45) is 0 Å². The maximum absolute atomic E-state index is 11.8. The van der Waals surface area contributed by atoms with Crippen LogP contribution in [0, 0.1) is 0 Å². The van der Waals surface area contributed by atoms with Gasteiger partial charge < -0.3 is 20.3 Å². The van der Waals surface area contributed by atoms with E-state index >= 15 is 0 Å². The Labute approximate surface area is 209 Å². The fourth-order valence-corrected chi connectivity index (χ4v) is 4.68. The highest BCUT2D eigenvalue weighted by molar-refractivity contribution is 5.73. The van der Waals surface area contributed by atoms with Crippen molar-refractivity contribution in [2.75, 3.05) is 36.9 Å². The molecular formula is C27H40N6O2. The quantitative estimate of drug-likeness (QED) is 0.620. The number of carbonyl (C=O) groups excluding carboxylic acids is 1. The van der Waals surface area contributed by atoms with Crippen LogP contribution in [-0.2, 0) is 26.8 Å². The maximum Gasteiger partial charge on any atom is 0.219 e. The number of anilines is 2. The predicted molar refractivity (Wildman–Crippen MR) is 139 cm³/mol. The second-order valence-electron chi connectivity index (χ2n) is 11.6. The molecule has 4 heterocycles. The van der Waals surface area contributed by atoms with E-state index in [9.17, 15) is 4.79 Å². The zero-order chi connectivity index (χ0) is 25.2. The number of rotatable bonds is 7. The van der Waals surface area contributed by atoms with Gasteiger partial charge in [0.15, 0.2) is 0 Å². The van der Waals surface area contributed by atoms with Crippen LogP contribution < -0.4 is 10.6 Å². The molecule has 2 aliphatic rings. The largest absolute Gasteiger partial charge is 0.379 e. The van der Waals surface area contributed by atoms with E-state index in [0.29, 0.717) is 19.0 Å². The Morgan fingerprint density at radius 3 is 2.54 bits per heavy atom. The van der Waals surface area contributed by atoms with E-state index in [-0.39, 0.29) is 22.8 Å². The number of likely N-dealkylation sites (tertiary alicyclic amines) is 1. The summed E-state index contributed by atoms with van der Waals surface area (Å²) in [4.78, 5) is 28.0. The van der Waals surface area contributed by atoms with Gasteiger partial charge in [-0.15, -0.1) is 0 Å². The lowest BCUT2D eigenvalue weighted by atomic mass is 9.82. The Morgan fingerprint density at radius 1 is 1.09 bits per heavy atom. The molecule has 0 spiro atoms. The van der Waals surface area contributed by atoms with Gasteiger partial charge >= 0.3 is 0 Å². The molecule has 8 nitrogen and oxygen atoms in total. The molecule has 190 valence electrons. The van der Waals surface area contributed by atoms with Gasteiger partial charge in [-0.1, -0.05) is 34.6 Å². The molecule has 0 aliphatic carbocycles. The highest BCUT2D eigenvalue weighted by atomic mass is 16.5. The molecule has 1 amide bonds. The standard InChI is InChI=1S/C27H40N6O2/c1-18(34)33-9-7-20(16-33)30-24-12-23(26(2,3)4)31-25(32-24)13-27(5,6)19-11-22(15-28-14-19)29-21-8-10-35-17-21/h11-12,14-15,20-21,29H,7-10,13,16-17H2,1-6H3,(H,30,31,32). The molecule has 2 N–H and O–H groups in total. The summed E-state index contributed by atoms with van der Waals surface area (Å²) in [5.41, 5.74) is 2.87. The molecule has 2 atom stereocenters. The van der Waals surface area contributed by atoms with Crippen LogP contribution in [0.5, 0.6) is 0 Å². The van der Waals surface area contributed by atoms with Crippen molar-refractivity contribution in [1.29, 1.82) is 0 Å². The minimum absolute atomic E-state index is 0.103. The molecule has 0 bridgehead atoms. The minimum Gasteiger partial charge on any atom is -0.379 e. The van der Waals surface area contributed by atoms with Gasteiger partial charge in [0.1, 0.15) is 11.6 Å². The van der Waals surface area contributed by atoms with Crippen molar-refractivity contribution in [3.63, 3.8) is 0 Å². The Kier molecular flexibility index (Phi) is 7.31. The summed E-state index contributed by atoms with van der Waals surface area (Å²) in [5.74, 6) is 1.77. The zero-order valence-corrected chi connectivity index (χ0v) is 22.0. The first-order chi connectivity index (χ1) is 16.5. The third-order valence-corrected chi connectivity index (χ3v) is 6.95. The third-order valence-electron chi connectivity index (χ3n) is 6.95. The van der Waals surface area contributed by atoms with Crippen LogP contribution in [0.2, 0.25) is 0 Å². The lowest BCUT2D eigenvalue weighted by Crippen LogP contribution is -2.30. The minimum atomic E-state index is -0.205. The molecule has 8 heteroatoms. The monoisotopic (exact) mass is 480 g/mol. The van der Waals surface area contributed by atoms with Gasteiger partial charge in [-0.25, -0.2) is 9.97 Å². The van der Waals surface area contributed by atoms with Crippen molar-refractivity contribution in [3.8, 4) is 0 Å². The molecule has 2 aliphatic heterocycles. The number of nitrogens with zero attached hydrogens (tertiary/aromatic N) is 4. The highest BCUT2D eigenvalue weighted by Gasteiger charge is 2.28. The second kappa shape index (κ2) is 10.1. The number of nitrogens with one attached hydrogen (secondary N) is 2. The fourth-order valence-electron chi connectivity index (χ4n) is 4.68. The summed E-state index contributed by atoms with van der Waals surface area (Å²) in [6.45, 7) is 15.6. The molecule has 2 fully saturated rings. The van der Waals surface area contributed by atoms with E-state index < -0.39 is 0 Å². The summed E-state index contributed by atoms with van der Waals surface area (Å²) in [6.07, 6.45) is 6.45. The lowest BCUT2D eigenvalue weighted by molar-refractivity contribution is -0.127. The second-order valence-corrected chi connectivity index (χ2v) is 11.6. The van der Waals surface area contributed by atoms with Crippen molar-refractivity contribution < 1.29 is 9.53 Å². The summed E-state index contributed by atoms with van der Waals surface area (Å²) in [5, 5.41) is 7.12. The maximum atomic E-state index is 11.8. The number of ether oxygens (including phenoxy) is 1. The van der Waals surface area contributed by atoms with Crippen molar-refractivity contribution in [2.45, 2.75) is 83.7 Å². The average Bonchev–Trinajstić information content (AvgIpc) is 3.45. The zero-order valence-electron chi connectivity index (χ0n) is 22.0. The van der Waals surface area contributed by atoms with Gasteiger partial charge in [0.25, 0.3) is 0 Å². The Morgan fingerprint density at radius 2 is 1.89 bits per heavy atom. The fraction of sp³-hybridized carbons (Fsp3) is 0.630. The molecule has 0 saturated carbocycles. The van der Waals surface area contributed by atoms with Crippen LogP contribution in [0.4, 0.5) is 11.5 Å². The highest BCUT2D eigenvalue weighted by Crippen LogP contribution is 2.30. The number of amides is 1. The SMILES string of the molecule is CC(=O)N1CCC(Nc2cc(C(C)(C)C)nc(CC(C)(C)c3cncc(NC4CCOC4)c3)n2)C1. The van der Waals surface area contributed by atoms with Crippen LogP contribution in [0.3, 0.4) is 0 Å².